The molecule has 0 aromatic carbocycles. The van der Waals surface area contributed by atoms with Crippen molar-refractivity contribution in [2.45, 2.75) is 0 Å². The Morgan fingerprint density at radius 3 is 1.00 bits per heavy atom. The van der Waals surface area contributed by atoms with Gasteiger partial charge >= 0.3 is 115 Å². The second-order valence-electron chi connectivity index (χ2n) is 0. The average Bonchev–Trinajstić information content (AvgIpc) is 0. The summed E-state index contributed by atoms with van der Waals surface area (Å²) in [4.78, 5) is 0. The van der Waals surface area contributed by atoms with Gasteiger partial charge in [0.2, 0.25) is 0 Å². The largest absolute Gasteiger partial charge is 3.00 e. The van der Waals surface area contributed by atoms with Gasteiger partial charge < -0.3 is 5.48 Å². The van der Waals surface area contributed by atoms with Crippen LogP contribution in [0, 0.1) is 35.6 Å². The van der Waals surface area contributed by atoms with E-state index in [1.54, 1.807) is 0 Å². The molecular weight excluding hydrogens is 361 g/mol. The average molecular weight is 361 g/mol. The molecule has 0 aromatic heterocycles. The number of rotatable bonds is 0. The third kappa shape index (κ3) is 18.3. The third-order valence-electron chi connectivity index (χ3n) is 0. The fourth-order valence-electron chi connectivity index (χ4n) is 0. The van der Waals surface area contributed by atoms with Crippen molar-refractivity contribution in [3.63, 3.8) is 0 Å². The maximum Gasteiger partial charge on any atom is 3.00 e. The molecule has 0 aliphatic carbocycles. The van der Waals surface area contributed by atoms with Crippen LogP contribution in [-0.4, -0.2) is 45.5 Å². The minimum atomic E-state index is 0. The van der Waals surface area contributed by atoms with Gasteiger partial charge in [-0.3, -0.25) is 0 Å². The van der Waals surface area contributed by atoms with Gasteiger partial charge in [-0.2, -0.15) is 0 Å². The molecule has 0 aromatic rings. The molecule has 0 bridgehead atoms. The van der Waals surface area contributed by atoms with Gasteiger partial charge in [0.1, 0.15) is 0 Å². The molecule has 1 nitrogen and oxygen atoms in total. The molecule has 0 spiro atoms. The zero-order valence-electron chi connectivity index (χ0n) is 2.37. The van der Waals surface area contributed by atoms with Gasteiger partial charge in [0, 0.05) is 0 Å². The molecule has 0 N–H and O–H groups in total. The van der Waals surface area contributed by atoms with Gasteiger partial charge in [-0.05, 0) is 0 Å². The molecule has 0 saturated heterocycles. The van der Waals surface area contributed by atoms with Crippen LogP contribution in [0.25, 0.3) is 0 Å². The van der Waals surface area contributed by atoms with E-state index in [0.29, 0.717) is 0 Å². The quantitative estimate of drug-likeness (QED) is 0.521. The first kappa shape index (κ1) is 37.8. The Balaban J connectivity index is 0. The summed E-state index contributed by atoms with van der Waals surface area (Å²) < 4.78 is 0. The van der Waals surface area contributed by atoms with Gasteiger partial charge in [0.25, 0.3) is 0 Å². The van der Waals surface area contributed by atoms with Crippen LogP contribution in [0.3, 0.4) is 0 Å². The van der Waals surface area contributed by atoms with Crippen molar-refractivity contribution in [3.05, 3.63) is 0 Å². The molecule has 2 radical (unpaired) electrons. The number of hydrogen-bond acceptors (Lipinski definition) is 0. The first-order chi connectivity index (χ1) is 0. The Bertz CT molecular complexity index is 11.6. The maximum absolute atomic E-state index is 0. The van der Waals surface area contributed by atoms with Crippen molar-refractivity contribution in [2.75, 3.05) is 0 Å². The van der Waals surface area contributed by atoms with E-state index < -0.39 is 0 Å². The normalized spacial score (nSPS) is 0. The van der Waals surface area contributed by atoms with Crippen LogP contribution in [0.1, 0.15) is 0 Å². The van der Waals surface area contributed by atoms with E-state index in [-0.39, 0.29) is 121 Å². The minimum Gasteiger partial charge on any atom is -2.00 e. The van der Waals surface area contributed by atoms with E-state index in [1.807, 2.05) is 0 Å². The Morgan fingerprint density at radius 2 is 1.00 bits per heavy atom. The summed E-state index contributed by atoms with van der Waals surface area (Å²) in [5, 5.41) is 0. The molecule has 5 heavy (non-hydrogen) atoms. The first-order valence-corrected chi connectivity index (χ1v) is 0. The van der Waals surface area contributed by atoms with Crippen molar-refractivity contribution >= 4 is 45.5 Å². The van der Waals surface area contributed by atoms with Crippen LogP contribution in [0.4, 0.5) is 0 Å². The summed E-state index contributed by atoms with van der Waals surface area (Å²) in [5.74, 6) is 0. The van der Waals surface area contributed by atoms with E-state index in [0.717, 1.165) is 0 Å². The van der Waals surface area contributed by atoms with Crippen LogP contribution in [0.15, 0.2) is 0 Å². The van der Waals surface area contributed by atoms with Crippen LogP contribution in [0.5, 0.6) is 0 Å². The molecule has 0 atom stereocenters. The van der Waals surface area contributed by atoms with E-state index in [4.69, 9.17) is 0 Å². The van der Waals surface area contributed by atoms with Gasteiger partial charge in [-0.15, -0.1) is 0 Å². The Morgan fingerprint density at radius 1 is 1.00 bits per heavy atom. The van der Waals surface area contributed by atoms with Crippen molar-refractivity contribution in [2.24, 2.45) is 0 Å². The van der Waals surface area contributed by atoms with Gasteiger partial charge in [0.15, 0.2) is 0 Å². The van der Waals surface area contributed by atoms with Crippen molar-refractivity contribution < 1.29 is 75.2 Å². The monoisotopic (exact) mass is 361 g/mol. The molecule has 0 saturated carbocycles. The number of hydrogen-bond donors (Lipinski definition) is 0. The fraction of sp³-hybridized carbons (Fsp3) is 0. The molecule has 0 aliphatic rings. The second-order valence-corrected chi connectivity index (χ2v) is 0. The molecular formula is CuLaMnOSr+7. The Kier molecular flexibility index (Phi) is 192. The van der Waals surface area contributed by atoms with E-state index in [9.17, 15) is 0 Å². The predicted molar refractivity (Wildman–Crippen MR) is 6.44 cm³/mol. The molecule has 0 fully saturated rings. The minimum absolute atomic E-state index is 0. The van der Waals surface area contributed by atoms with E-state index >= 15 is 0 Å². The van der Waals surface area contributed by atoms with Crippen molar-refractivity contribution in [1.82, 2.24) is 0 Å². The standard InChI is InChI=1S/Cu.La.Mn.O.Sr/q+2;+3;+2;-2;+2. The van der Waals surface area contributed by atoms with Gasteiger partial charge in [0.05, 0.1) is 0 Å². The van der Waals surface area contributed by atoms with Crippen LogP contribution in [0.2, 0.25) is 0 Å². The molecule has 0 amide bonds. The Hall–Kier alpha value is 3.67. The maximum atomic E-state index is 0. The summed E-state index contributed by atoms with van der Waals surface area (Å²) in [5.41, 5.74) is 0. The molecule has 0 unspecified atom stereocenters. The zero-order valence-corrected chi connectivity index (χ0v) is 11.6. The van der Waals surface area contributed by atoms with Crippen molar-refractivity contribution in [1.29, 1.82) is 0 Å². The van der Waals surface area contributed by atoms with E-state index in [1.165, 1.54) is 0 Å². The van der Waals surface area contributed by atoms with Crippen molar-refractivity contribution in [3.8, 4) is 0 Å². The fourth-order valence-corrected chi connectivity index (χ4v) is 0. The zero-order chi connectivity index (χ0) is 0. The summed E-state index contributed by atoms with van der Waals surface area (Å²) in [6.45, 7) is 0. The molecule has 0 aliphatic heterocycles. The molecule has 22 valence electrons. The summed E-state index contributed by atoms with van der Waals surface area (Å²) in [6.07, 6.45) is 0. The smallest absolute Gasteiger partial charge is 2.00 e. The third-order valence-corrected chi connectivity index (χ3v) is 0. The molecule has 5 heteroatoms. The van der Waals surface area contributed by atoms with Crippen LogP contribution in [-0.2, 0) is 39.6 Å². The second kappa shape index (κ2) is 25.3. The summed E-state index contributed by atoms with van der Waals surface area (Å²) >= 11 is 0. The molecule has 0 heterocycles. The topological polar surface area (TPSA) is 28.5 Å². The Labute approximate surface area is 118 Å². The SMILES string of the molecule is [Cu+2].[La+3].[Mn+2].[O-2].[Sr+2]. The summed E-state index contributed by atoms with van der Waals surface area (Å²) in [7, 11) is 0. The summed E-state index contributed by atoms with van der Waals surface area (Å²) in [6, 6.07) is 0. The first-order valence-electron chi connectivity index (χ1n) is 0. The van der Waals surface area contributed by atoms with E-state index in [2.05, 4.69) is 0 Å². The predicted octanol–water partition coefficient (Wildman–Crippen LogP) is -0.505. The van der Waals surface area contributed by atoms with Crippen LogP contribution >= 0.6 is 0 Å². The molecule has 0 rings (SSSR count). The van der Waals surface area contributed by atoms with Gasteiger partial charge in [-0.25, -0.2) is 0 Å². The van der Waals surface area contributed by atoms with Crippen LogP contribution < -0.4 is 0 Å². The van der Waals surface area contributed by atoms with Gasteiger partial charge in [-0.1, -0.05) is 0 Å².